The molecule has 2 amide bonds. The number of halogens is 2. The van der Waals surface area contributed by atoms with E-state index in [1.807, 2.05) is 0 Å². The van der Waals surface area contributed by atoms with Crippen molar-refractivity contribution in [2.24, 2.45) is 0 Å². The van der Waals surface area contributed by atoms with Crippen molar-refractivity contribution in [2.45, 2.75) is 51.8 Å². The quantitative estimate of drug-likeness (QED) is 0.842. The van der Waals surface area contributed by atoms with Crippen LogP contribution in [-0.4, -0.2) is 35.1 Å². The van der Waals surface area contributed by atoms with Gasteiger partial charge in [-0.05, 0) is 57.4 Å². The highest BCUT2D eigenvalue weighted by Gasteiger charge is 2.36. The van der Waals surface area contributed by atoms with Crippen LogP contribution < -0.4 is 5.32 Å². The zero-order valence-corrected chi connectivity index (χ0v) is 15.7. The maximum absolute atomic E-state index is 13.3. The van der Waals surface area contributed by atoms with Gasteiger partial charge in [-0.25, -0.2) is 9.18 Å². The summed E-state index contributed by atoms with van der Waals surface area (Å²) in [6, 6.07) is 3.76. The molecule has 24 heavy (non-hydrogen) atoms. The summed E-state index contributed by atoms with van der Waals surface area (Å²) in [4.78, 5) is 26.1. The van der Waals surface area contributed by atoms with Gasteiger partial charge in [-0.15, -0.1) is 0 Å². The Hall–Kier alpha value is -1.63. The minimum absolute atomic E-state index is 0.190. The summed E-state index contributed by atoms with van der Waals surface area (Å²) in [5, 5.41) is 2.77. The molecule has 0 spiro atoms. The molecule has 1 aromatic carbocycles. The molecule has 1 unspecified atom stereocenters. The first kappa shape index (κ1) is 18.7. The number of ether oxygens (including phenoxy) is 1. The van der Waals surface area contributed by atoms with Crippen molar-refractivity contribution in [3.05, 3.63) is 34.1 Å². The number of carbonyl (C=O) groups is 2. The molecule has 2 rings (SSSR count). The van der Waals surface area contributed by atoms with Crippen molar-refractivity contribution in [3.8, 4) is 0 Å². The minimum Gasteiger partial charge on any atom is -0.444 e. The van der Waals surface area contributed by atoms with Crippen LogP contribution in [0.1, 0.15) is 39.2 Å². The highest BCUT2D eigenvalue weighted by molar-refractivity contribution is 9.10. The molecule has 1 aliphatic rings. The van der Waals surface area contributed by atoms with Crippen molar-refractivity contribution in [1.29, 1.82) is 0 Å². The van der Waals surface area contributed by atoms with Crippen LogP contribution in [0.25, 0.3) is 0 Å². The predicted molar refractivity (Wildman–Crippen MR) is 91.9 cm³/mol. The van der Waals surface area contributed by atoms with E-state index in [0.717, 1.165) is 10.9 Å². The molecule has 1 aliphatic heterocycles. The van der Waals surface area contributed by atoms with E-state index in [9.17, 15) is 14.0 Å². The Morgan fingerprint density at radius 3 is 2.79 bits per heavy atom. The van der Waals surface area contributed by atoms with Crippen molar-refractivity contribution in [3.63, 3.8) is 0 Å². The molecule has 1 heterocycles. The fraction of sp³-hybridized carbons (Fsp3) is 0.529. The Kier molecular flexibility index (Phi) is 5.85. The number of benzene rings is 1. The molecule has 0 aromatic heterocycles. The molecular weight excluding hydrogens is 379 g/mol. The van der Waals surface area contributed by atoms with Crippen LogP contribution in [0.5, 0.6) is 0 Å². The molecule has 1 aromatic rings. The van der Waals surface area contributed by atoms with Gasteiger partial charge in [0.05, 0.1) is 0 Å². The monoisotopic (exact) mass is 400 g/mol. The first-order valence-electron chi connectivity index (χ1n) is 7.88. The van der Waals surface area contributed by atoms with E-state index in [4.69, 9.17) is 4.74 Å². The maximum atomic E-state index is 13.3. The van der Waals surface area contributed by atoms with Gasteiger partial charge in [-0.2, -0.15) is 0 Å². The van der Waals surface area contributed by atoms with Crippen molar-refractivity contribution in [1.82, 2.24) is 10.2 Å². The lowest BCUT2D eigenvalue weighted by molar-refractivity contribution is -0.125. The standard InChI is InChI=1S/C17H22BrFN2O3/c1-17(2,3)24-16(23)21-8-4-5-14(21)15(22)20-10-11-9-12(19)6-7-13(11)18/h6-7,9,14H,4-5,8,10H2,1-3H3,(H,20,22). The molecule has 1 saturated heterocycles. The normalized spacial score (nSPS) is 17.7. The van der Waals surface area contributed by atoms with Gasteiger partial charge in [0.25, 0.3) is 0 Å². The van der Waals surface area contributed by atoms with Gasteiger partial charge in [-0.3, -0.25) is 9.69 Å². The average Bonchev–Trinajstić information content (AvgIpc) is 2.96. The van der Waals surface area contributed by atoms with E-state index in [-0.39, 0.29) is 18.3 Å². The molecule has 0 aliphatic carbocycles. The van der Waals surface area contributed by atoms with Crippen molar-refractivity contribution in [2.75, 3.05) is 6.54 Å². The number of rotatable bonds is 3. The van der Waals surface area contributed by atoms with Gasteiger partial charge >= 0.3 is 6.09 Å². The Morgan fingerprint density at radius 2 is 2.12 bits per heavy atom. The van der Waals surface area contributed by atoms with Gasteiger partial charge in [0, 0.05) is 17.6 Å². The van der Waals surface area contributed by atoms with Crippen LogP contribution >= 0.6 is 15.9 Å². The first-order chi connectivity index (χ1) is 11.2. The highest BCUT2D eigenvalue weighted by Crippen LogP contribution is 2.22. The number of nitrogens with one attached hydrogen (secondary N) is 1. The van der Waals surface area contributed by atoms with Crippen LogP contribution in [-0.2, 0) is 16.1 Å². The summed E-state index contributed by atoms with van der Waals surface area (Å²) in [6.45, 7) is 6.05. The second kappa shape index (κ2) is 7.51. The van der Waals surface area contributed by atoms with Crippen LogP contribution in [0.3, 0.4) is 0 Å². The summed E-state index contributed by atoms with van der Waals surface area (Å²) in [7, 11) is 0. The zero-order chi connectivity index (χ0) is 17.9. The van der Waals surface area contributed by atoms with Crippen molar-refractivity contribution < 1.29 is 18.7 Å². The number of hydrogen-bond acceptors (Lipinski definition) is 3. The Bertz CT molecular complexity index is 631. The fourth-order valence-electron chi connectivity index (χ4n) is 2.56. The van der Waals surface area contributed by atoms with Crippen LogP contribution in [0.15, 0.2) is 22.7 Å². The van der Waals surface area contributed by atoms with E-state index in [0.29, 0.717) is 18.5 Å². The average molecular weight is 401 g/mol. The summed E-state index contributed by atoms with van der Waals surface area (Å²) >= 11 is 3.33. The largest absolute Gasteiger partial charge is 0.444 e. The number of carbonyl (C=O) groups excluding carboxylic acids is 2. The lowest BCUT2D eigenvalue weighted by Gasteiger charge is -2.28. The number of hydrogen-bond donors (Lipinski definition) is 1. The van der Waals surface area contributed by atoms with E-state index in [2.05, 4.69) is 21.2 Å². The topological polar surface area (TPSA) is 58.6 Å². The van der Waals surface area contributed by atoms with Crippen LogP contribution in [0.2, 0.25) is 0 Å². The van der Waals surface area contributed by atoms with Gasteiger partial charge in [-0.1, -0.05) is 15.9 Å². The number of likely N-dealkylation sites (tertiary alicyclic amines) is 1. The van der Waals surface area contributed by atoms with E-state index in [1.54, 1.807) is 26.8 Å². The molecule has 5 nitrogen and oxygen atoms in total. The third-order valence-corrected chi connectivity index (χ3v) is 4.42. The number of nitrogens with zero attached hydrogens (tertiary/aromatic N) is 1. The predicted octanol–water partition coefficient (Wildman–Crippen LogP) is 3.60. The summed E-state index contributed by atoms with van der Waals surface area (Å²) in [5.74, 6) is -0.617. The molecule has 1 atom stereocenters. The third kappa shape index (κ3) is 4.93. The second-order valence-electron chi connectivity index (χ2n) is 6.79. The maximum Gasteiger partial charge on any atom is 0.410 e. The second-order valence-corrected chi connectivity index (χ2v) is 7.64. The molecule has 7 heteroatoms. The lowest BCUT2D eigenvalue weighted by Crippen LogP contribution is -2.47. The SMILES string of the molecule is CC(C)(C)OC(=O)N1CCCC1C(=O)NCc1cc(F)ccc1Br. The highest BCUT2D eigenvalue weighted by atomic mass is 79.9. The smallest absolute Gasteiger partial charge is 0.410 e. The van der Waals surface area contributed by atoms with Crippen LogP contribution in [0.4, 0.5) is 9.18 Å². The molecule has 0 bridgehead atoms. The molecule has 1 N–H and O–H groups in total. The number of amides is 2. The Morgan fingerprint density at radius 1 is 1.42 bits per heavy atom. The van der Waals surface area contributed by atoms with E-state index >= 15 is 0 Å². The molecule has 0 saturated carbocycles. The van der Waals surface area contributed by atoms with E-state index < -0.39 is 17.7 Å². The van der Waals surface area contributed by atoms with Gasteiger partial charge in [0.1, 0.15) is 17.5 Å². The van der Waals surface area contributed by atoms with Crippen molar-refractivity contribution >= 4 is 27.9 Å². The third-order valence-electron chi connectivity index (χ3n) is 3.64. The zero-order valence-electron chi connectivity index (χ0n) is 14.1. The fourth-order valence-corrected chi connectivity index (χ4v) is 2.94. The van der Waals surface area contributed by atoms with Gasteiger partial charge < -0.3 is 10.1 Å². The Labute approximate surface area is 149 Å². The van der Waals surface area contributed by atoms with E-state index in [1.165, 1.54) is 17.0 Å². The molecule has 1 fully saturated rings. The van der Waals surface area contributed by atoms with Gasteiger partial charge in [0.2, 0.25) is 5.91 Å². The molecule has 132 valence electrons. The Balaban J connectivity index is 1.98. The van der Waals surface area contributed by atoms with Crippen LogP contribution in [0, 0.1) is 5.82 Å². The first-order valence-corrected chi connectivity index (χ1v) is 8.68. The molecule has 0 radical (unpaired) electrons. The summed E-state index contributed by atoms with van der Waals surface area (Å²) in [5.41, 5.74) is 0.0396. The summed E-state index contributed by atoms with van der Waals surface area (Å²) in [6.07, 6.45) is 0.864. The molecular formula is C17H22BrFN2O3. The summed E-state index contributed by atoms with van der Waals surface area (Å²) < 4.78 is 19.4. The lowest BCUT2D eigenvalue weighted by atomic mass is 10.2. The minimum atomic E-state index is -0.604. The van der Waals surface area contributed by atoms with Gasteiger partial charge in [0.15, 0.2) is 0 Å².